The fourth-order valence-electron chi connectivity index (χ4n) is 2.19. The Morgan fingerprint density at radius 1 is 1.09 bits per heavy atom. The molecule has 23 heavy (non-hydrogen) atoms. The van der Waals surface area contributed by atoms with Crippen molar-refractivity contribution in [3.05, 3.63) is 47.3 Å². The summed E-state index contributed by atoms with van der Waals surface area (Å²) in [6.45, 7) is 6.06. The van der Waals surface area contributed by atoms with Crippen LogP contribution in [0.25, 0.3) is 0 Å². The molecule has 2 rings (SSSR count). The number of aromatic nitrogens is 2. The van der Waals surface area contributed by atoms with Gasteiger partial charge in [-0.3, -0.25) is 10.9 Å². The van der Waals surface area contributed by atoms with E-state index in [1.54, 1.807) is 0 Å². The summed E-state index contributed by atoms with van der Waals surface area (Å²) in [5.41, 5.74) is 9.91. The van der Waals surface area contributed by atoms with E-state index in [1.807, 2.05) is 32.0 Å². The van der Waals surface area contributed by atoms with Crippen molar-refractivity contribution >= 4 is 29.0 Å². The lowest BCUT2D eigenvalue weighted by molar-refractivity contribution is 0.795. The molecule has 0 spiro atoms. The molecule has 0 aliphatic rings. The lowest BCUT2D eigenvalue weighted by atomic mass is 10.1. The number of hydrogen-bond donors (Lipinski definition) is 3. The maximum atomic E-state index is 5.26. The van der Waals surface area contributed by atoms with Crippen LogP contribution in [0.1, 0.15) is 36.7 Å². The maximum Gasteiger partial charge on any atom is 0.242 e. The van der Waals surface area contributed by atoms with Gasteiger partial charge in [0.15, 0.2) is 5.11 Å². The van der Waals surface area contributed by atoms with Crippen molar-refractivity contribution < 1.29 is 0 Å². The largest absolute Gasteiger partial charge is 0.331 e. The minimum absolute atomic E-state index is 0.467. The third-order valence-corrected chi connectivity index (χ3v) is 3.51. The molecule has 0 fully saturated rings. The second kappa shape index (κ2) is 8.43. The van der Waals surface area contributed by atoms with Crippen molar-refractivity contribution in [3.63, 3.8) is 0 Å². The van der Waals surface area contributed by atoms with E-state index in [1.165, 1.54) is 18.4 Å². The van der Waals surface area contributed by atoms with E-state index in [0.29, 0.717) is 11.1 Å². The molecule has 2 aromatic rings. The molecule has 1 aromatic carbocycles. The average Bonchev–Trinajstić information content (AvgIpc) is 2.51. The molecular weight excluding hydrogens is 306 g/mol. The number of anilines is 2. The maximum absolute atomic E-state index is 5.26. The molecule has 0 radical (unpaired) electrons. The molecule has 122 valence electrons. The summed E-state index contributed by atoms with van der Waals surface area (Å²) in [5, 5.41) is 3.59. The van der Waals surface area contributed by atoms with Gasteiger partial charge in [-0.2, -0.15) is 0 Å². The fourth-order valence-corrected chi connectivity index (χ4v) is 2.36. The van der Waals surface area contributed by atoms with Gasteiger partial charge in [-0.15, -0.1) is 0 Å². The van der Waals surface area contributed by atoms with Crippen LogP contribution in [-0.4, -0.2) is 15.1 Å². The van der Waals surface area contributed by atoms with E-state index in [-0.39, 0.29) is 0 Å². The molecule has 0 aliphatic heterocycles. The molecule has 0 bridgehead atoms. The number of aryl methyl sites for hydroxylation is 3. The minimum atomic E-state index is 0.467. The van der Waals surface area contributed by atoms with Gasteiger partial charge in [-0.1, -0.05) is 25.5 Å². The normalized spacial score (nSPS) is 10.2. The molecule has 0 amide bonds. The van der Waals surface area contributed by atoms with E-state index in [9.17, 15) is 0 Å². The summed E-state index contributed by atoms with van der Waals surface area (Å²) in [6.07, 6.45) is 3.54. The first-order valence-corrected chi connectivity index (χ1v) is 8.22. The van der Waals surface area contributed by atoms with Gasteiger partial charge >= 0.3 is 0 Å². The zero-order valence-corrected chi connectivity index (χ0v) is 14.6. The zero-order valence-electron chi connectivity index (χ0n) is 13.8. The first kappa shape index (κ1) is 17.1. The summed E-state index contributed by atoms with van der Waals surface area (Å²) < 4.78 is 0. The average molecular weight is 329 g/mol. The standard InChI is InChI=1S/C17H23N5S/c1-4-5-6-14-7-9-15(10-8-14)20-17(23)22-21-16-18-12(2)11-13(3)19-16/h7-11H,4-6H2,1-3H3,(H,18,19,21)(H2,20,22,23). The van der Waals surface area contributed by atoms with Crippen LogP contribution in [-0.2, 0) is 6.42 Å². The van der Waals surface area contributed by atoms with Gasteiger partial charge in [0.25, 0.3) is 0 Å². The van der Waals surface area contributed by atoms with Gasteiger partial charge in [-0.25, -0.2) is 9.97 Å². The van der Waals surface area contributed by atoms with Crippen LogP contribution in [0.2, 0.25) is 0 Å². The van der Waals surface area contributed by atoms with E-state index < -0.39 is 0 Å². The van der Waals surface area contributed by atoms with Crippen LogP contribution in [0.3, 0.4) is 0 Å². The number of benzene rings is 1. The molecule has 0 atom stereocenters. The van der Waals surface area contributed by atoms with Gasteiger partial charge in [0, 0.05) is 17.1 Å². The molecule has 0 saturated heterocycles. The lowest BCUT2D eigenvalue weighted by Crippen LogP contribution is -2.34. The van der Waals surface area contributed by atoms with Crippen LogP contribution >= 0.6 is 12.2 Å². The molecule has 1 aromatic heterocycles. The highest BCUT2D eigenvalue weighted by molar-refractivity contribution is 7.80. The Balaban J connectivity index is 1.84. The lowest BCUT2D eigenvalue weighted by Gasteiger charge is -2.12. The first-order valence-electron chi connectivity index (χ1n) is 7.81. The number of nitrogens with zero attached hydrogens (tertiary/aromatic N) is 2. The predicted octanol–water partition coefficient (Wildman–Crippen LogP) is 3.75. The predicted molar refractivity (Wildman–Crippen MR) is 99.5 cm³/mol. The number of nitrogens with one attached hydrogen (secondary N) is 3. The highest BCUT2D eigenvalue weighted by atomic mass is 32.1. The SMILES string of the molecule is CCCCc1ccc(NC(=S)NNc2nc(C)cc(C)n2)cc1. The van der Waals surface area contributed by atoms with Gasteiger partial charge in [0.2, 0.25) is 5.95 Å². The van der Waals surface area contributed by atoms with E-state index in [4.69, 9.17) is 12.2 Å². The molecule has 1 heterocycles. The van der Waals surface area contributed by atoms with Gasteiger partial charge in [0.1, 0.15) is 0 Å². The van der Waals surface area contributed by atoms with Crippen LogP contribution in [0.4, 0.5) is 11.6 Å². The topological polar surface area (TPSA) is 61.9 Å². The Bertz CT molecular complexity index is 634. The summed E-state index contributed by atoms with van der Waals surface area (Å²) >= 11 is 5.26. The fraction of sp³-hybridized carbons (Fsp3) is 0.353. The second-order valence-electron chi connectivity index (χ2n) is 5.48. The van der Waals surface area contributed by atoms with Gasteiger partial charge in [0.05, 0.1) is 0 Å². The summed E-state index contributed by atoms with van der Waals surface area (Å²) in [5.74, 6) is 0.501. The smallest absolute Gasteiger partial charge is 0.242 e. The second-order valence-corrected chi connectivity index (χ2v) is 5.89. The third-order valence-electron chi connectivity index (χ3n) is 3.30. The number of unbranched alkanes of at least 4 members (excludes halogenated alkanes) is 1. The number of hydrazine groups is 1. The van der Waals surface area contributed by atoms with E-state index in [2.05, 4.69) is 45.2 Å². The summed E-state index contributed by atoms with van der Waals surface area (Å²) in [6, 6.07) is 10.2. The van der Waals surface area contributed by atoms with Crippen LogP contribution < -0.4 is 16.2 Å². The number of thiocarbonyl (C=S) groups is 1. The highest BCUT2D eigenvalue weighted by Gasteiger charge is 2.01. The van der Waals surface area contributed by atoms with Crippen molar-refractivity contribution in [2.24, 2.45) is 0 Å². The molecular formula is C17H23N5S. The van der Waals surface area contributed by atoms with Gasteiger partial charge in [-0.05, 0) is 62.7 Å². The van der Waals surface area contributed by atoms with Crippen molar-refractivity contribution in [2.75, 3.05) is 10.7 Å². The molecule has 0 saturated carbocycles. The van der Waals surface area contributed by atoms with E-state index in [0.717, 1.165) is 23.5 Å². The Labute approximate surface area is 142 Å². The van der Waals surface area contributed by atoms with Crippen molar-refractivity contribution in [1.82, 2.24) is 15.4 Å². The number of hydrogen-bond acceptors (Lipinski definition) is 4. The molecule has 0 aliphatic carbocycles. The molecule has 3 N–H and O–H groups in total. The van der Waals surface area contributed by atoms with Crippen LogP contribution in [0.5, 0.6) is 0 Å². The quantitative estimate of drug-likeness (QED) is 0.554. The van der Waals surface area contributed by atoms with Crippen LogP contribution in [0.15, 0.2) is 30.3 Å². The number of rotatable bonds is 6. The molecule has 5 nitrogen and oxygen atoms in total. The Morgan fingerprint density at radius 3 is 2.35 bits per heavy atom. The van der Waals surface area contributed by atoms with Crippen molar-refractivity contribution in [1.29, 1.82) is 0 Å². The van der Waals surface area contributed by atoms with Crippen molar-refractivity contribution in [3.8, 4) is 0 Å². The van der Waals surface area contributed by atoms with Crippen molar-refractivity contribution in [2.45, 2.75) is 40.0 Å². The molecule has 0 unspecified atom stereocenters. The Kier molecular flexibility index (Phi) is 6.29. The van der Waals surface area contributed by atoms with Gasteiger partial charge < -0.3 is 5.32 Å². The summed E-state index contributed by atoms with van der Waals surface area (Å²) in [4.78, 5) is 8.56. The Morgan fingerprint density at radius 2 is 1.74 bits per heavy atom. The Hall–Kier alpha value is -2.21. The first-order chi connectivity index (χ1) is 11.1. The monoisotopic (exact) mass is 329 g/mol. The zero-order chi connectivity index (χ0) is 16.7. The minimum Gasteiger partial charge on any atom is -0.331 e. The summed E-state index contributed by atoms with van der Waals surface area (Å²) in [7, 11) is 0. The third kappa shape index (κ3) is 5.83. The molecule has 6 heteroatoms. The van der Waals surface area contributed by atoms with E-state index >= 15 is 0 Å². The highest BCUT2D eigenvalue weighted by Crippen LogP contribution is 2.11. The van der Waals surface area contributed by atoms with Crippen LogP contribution in [0, 0.1) is 13.8 Å².